The molecule has 0 saturated heterocycles. The van der Waals surface area contributed by atoms with Gasteiger partial charge >= 0.3 is 0 Å². The van der Waals surface area contributed by atoms with Crippen LogP contribution in [-0.2, 0) is 11.3 Å². The molecule has 1 aromatic carbocycles. The lowest BCUT2D eigenvalue weighted by Crippen LogP contribution is -2.37. The van der Waals surface area contributed by atoms with Crippen molar-refractivity contribution in [1.82, 2.24) is 9.55 Å². The minimum atomic E-state index is -0.154. The van der Waals surface area contributed by atoms with Gasteiger partial charge in [0.25, 0.3) is 5.56 Å². The lowest BCUT2D eigenvalue weighted by molar-refractivity contribution is -0.119. The van der Waals surface area contributed by atoms with Gasteiger partial charge in [-0.2, -0.15) is 0 Å². The van der Waals surface area contributed by atoms with Crippen LogP contribution in [0, 0.1) is 0 Å². The summed E-state index contributed by atoms with van der Waals surface area (Å²) in [7, 11) is 0. The molecular formula is C18H17N3O2S2. The van der Waals surface area contributed by atoms with Crippen molar-refractivity contribution >= 4 is 44.9 Å². The van der Waals surface area contributed by atoms with Gasteiger partial charge in [0.05, 0.1) is 17.5 Å². The monoisotopic (exact) mass is 371 g/mol. The van der Waals surface area contributed by atoms with Crippen molar-refractivity contribution in [1.29, 1.82) is 0 Å². The first kappa shape index (κ1) is 16.4. The molecule has 25 heavy (non-hydrogen) atoms. The minimum absolute atomic E-state index is 0.00700. The van der Waals surface area contributed by atoms with E-state index in [1.54, 1.807) is 16.7 Å². The first-order valence-electron chi connectivity index (χ1n) is 8.12. The second-order valence-electron chi connectivity index (χ2n) is 6.04. The van der Waals surface area contributed by atoms with Gasteiger partial charge in [0.2, 0.25) is 5.91 Å². The van der Waals surface area contributed by atoms with Gasteiger partial charge in [0, 0.05) is 16.7 Å². The van der Waals surface area contributed by atoms with Crippen molar-refractivity contribution in [2.75, 3.05) is 11.4 Å². The normalized spacial score (nSPS) is 17.3. The molecule has 1 aliphatic heterocycles. The number of rotatable bonds is 2. The molecule has 1 aliphatic rings. The summed E-state index contributed by atoms with van der Waals surface area (Å²) < 4.78 is 2.00. The van der Waals surface area contributed by atoms with Crippen LogP contribution in [0.4, 0.5) is 5.69 Å². The van der Waals surface area contributed by atoms with Gasteiger partial charge in [-0.25, -0.2) is 4.98 Å². The van der Waals surface area contributed by atoms with E-state index >= 15 is 0 Å². The maximum Gasteiger partial charge on any atom is 0.271 e. The smallest absolute Gasteiger partial charge is 0.271 e. The molecule has 4 rings (SSSR count). The van der Waals surface area contributed by atoms with Gasteiger partial charge in [-0.3, -0.25) is 14.2 Å². The van der Waals surface area contributed by atoms with E-state index in [1.165, 1.54) is 22.2 Å². The summed E-state index contributed by atoms with van der Waals surface area (Å²) in [5, 5.41) is 2.29. The zero-order chi connectivity index (χ0) is 17.4. The van der Waals surface area contributed by atoms with Crippen LogP contribution in [0.5, 0.6) is 0 Å². The zero-order valence-corrected chi connectivity index (χ0v) is 15.3. The summed E-state index contributed by atoms with van der Waals surface area (Å²) in [6, 6.07) is 9.78. The van der Waals surface area contributed by atoms with Crippen LogP contribution in [0.3, 0.4) is 0 Å². The number of carbonyl (C=O) groups excluding carboxylic acids is 1. The number of fused-ring (bicyclic) bond motifs is 2. The van der Waals surface area contributed by atoms with E-state index < -0.39 is 0 Å². The second-order valence-corrected chi connectivity index (χ2v) is 8.44. The second kappa shape index (κ2) is 6.65. The quantitative estimate of drug-likeness (QED) is 0.693. The molecule has 3 heterocycles. The highest BCUT2D eigenvalue weighted by Gasteiger charge is 2.24. The van der Waals surface area contributed by atoms with Gasteiger partial charge in [0.15, 0.2) is 0 Å². The van der Waals surface area contributed by atoms with Crippen LogP contribution in [0.25, 0.3) is 10.2 Å². The summed E-state index contributed by atoms with van der Waals surface area (Å²) in [6.07, 6.45) is 2.39. The summed E-state index contributed by atoms with van der Waals surface area (Å²) in [5.74, 6) is -0.0815. The van der Waals surface area contributed by atoms with Crippen molar-refractivity contribution in [3.8, 4) is 0 Å². The molecule has 7 heteroatoms. The molecule has 3 aromatic rings. The number of para-hydroxylation sites is 1. The molecule has 0 N–H and O–H groups in total. The third-order valence-corrected chi connectivity index (χ3v) is 6.41. The lowest BCUT2D eigenvalue weighted by Gasteiger charge is -2.22. The Morgan fingerprint density at radius 1 is 1.32 bits per heavy atom. The number of nitrogens with zero attached hydrogens (tertiary/aromatic N) is 3. The van der Waals surface area contributed by atoms with E-state index in [0.717, 1.165) is 17.0 Å². The van der Waals surface area contributed by atoms with Crippen molar-refractivity contribution in [3.05, 3.63) is 52.4 Å². The standard InChI is InChI=1S/C18H17N3O2S2/c1-12-6-8-21(14-4-2-3-5-15(14)25-12)16(22)10-20-11-19-13-7-9-24-17(13)18(20)23/h2-5,7,9,11-12H,6,8,10H2,1H3/t12-/m1/s1. The first-order chi connectivity index (χ1) is 12.1. The maximum absolute atomic E-state index is 12.9. The number of carbonyl (C=O) groups is 1. The van der Waals surface area contributed by atoms with E-state index in [1.807, 2.05) is 35.7 Å². The fraction of sp³-hybridized carbons (Fsp3) is 0.278. The first-order valence-corrected chi connectivity index (χ1v) is 9.88. The SMILES string of the molecule is C[C@@H]1CCN(C(=O)Cn2cnc3ccsc3c2=O)c2ccccc2S1. The Bertz CT molecular complexity index is 995. The van der Waals surface area contributed by atoms with Crippen LogP contribution in [0.2, 0.25) is 0 Å². The number of anilines is 1. The Morgan fingerprint density at radius 3 is 3.04 bits per heavy atom. The largest absolute Gasteiger partial charge is 0.310 e. The van der Waals surface area contributed by atoms with Gasteiger partial charge in [0.1, 0.15) is 11.2 Å². The van der Waals surface area contributed by atoms with Crippen molar-refractivity contribution < 1.29 is 4.79 Å². The lowest BCUT2D eigenvalue weighted by atomic mass is 10.2. The molecule has 0 saturated carbocycles. The van der Waals surface area contributed by atoms with Crippen molar-refractivity contribution in [2.24, 2.45) is 0 Å². The van der Waals surface area contributed by atoms with Crippen LogP contribution in [-0.4, -0.2) is 27.3 Å². The third-order valence-electron chi connectivity index (χ3n) is 4.29. The molecule has 128 valence electrons. The molecule has 1 amide bonds. The summed E-state index contributed by atoms with van der Waals surface area (Å²) in [5.41, 5.74) is 1.46. The number of hydrogen-bond acceptors (Lipinski definition) is 5. The number of hydrogen-bond donors (Lipinski definition) is 0. The van der Waals surface area contributed by atoms with Crippen LogP contribution >= 0.6 is 23.1 Å². The van der Waals surface area contributed by atoms with Crippen LogP contribution < -0.4 is 10.5 Å². The average molecular weight is 371 g/mol. The van der Waals surface area contributed by atoms with Gasteiger partial charge < -0.3 is 4.90 Å². The fourth-order valence-electron chi connectivity index (χ4n) is 2.97. The van der Waals surface area contributed by atoms with E-state index in [4.69, 9.17) is 0 Å². The number of aromatic nitrogens is 2. The zero-order valence-electron chi connectivity index (χ0n) is 13.7. The van der Waals surface area contributed by atoms with Gasteiger partial charge in [-0.15, -0.1) is 23.1 Å². The molecule has 2 aromatic heterocycles. The number of thiophene rings is 1. The number of benzene rings is 1. The topological polar surface area (TPSA) is 55.2 Å². The summed E-state index contributed by atoms with van der Waals surface area (Å²) >= 11 is 3.15. The van der Waals surface area contributed by atoms with Crippen molar-refractivity contribution in [2.45, 2.75) is 30.0 Å². The number of amides is 1. The van der Waals surface area contributed by atoms with Crippen LogP contribution in [0.15, 0.2) is 51.7 Å². The molecule has 0 aliphatic carbocycles. The molecular weight excluding hydrogens is 354 g/mol. The molecule has 0 unspecified atom stereocenters. The Morgan fingerprint density at radius 2 is 2.16 bits per heavy atom. The Hall–Kier alpha value is -2.12. The minimum Gasteiger partial charge on any atom is -0.310 e. The molecule has 0 radical (unpaired) electrons. The average Bonchev–Trinajstić information content (AvgIpc) is 3.01. The van der Waals surface area contributed by atoms with Gasteiger partial charge in [-0.1, -0.05) is 19.1 Å². The summed E-state index contributed by atoms with van der Waals surface area (Å²) in [6.45, 7) is 2.84. The fourth-order valence-corrected chi connectivity index (χ4v) is 4.87. The Kier molecular flexibility index (Phi) is 4.35. The van der Waals surface area contributed by atoms with E-state index in [0.29, 0.717) is 22.0 Å². The molecule has 0 fully saturated rings. The third kappa shape index (κ3) is 3.09. The van der Waals surface area contributed by atoms with E-state index in [9.17, 15) is 9.59 Å². The Balaban J connectivity index is 1.66. The highest BCUT2D eigenvalue weighted by molar-refractivity contribution is 8.00. The predicted octanol–water partition coefficient (Wildman–Crippen LogP) is 3.38. The van der Waals surface area contributed by atoms with Crippen molar-refractivity contribution in [3.63, 3.8) is 0 Å². The van der Waals surface area contributed by atoms with Gasteiger partial charge in [-0.05, 0) is 30.0 Å². The van der Waals surface area contributed by atoms with E-state index in [-0.39, 0.29) is 18.0 Å². The van der Waals surface area contributed by atoms with E-state index in [2.05, 4.69) is 11.9 Å². The molecule has 5 nitrogen and oxygen atoms in total. The highest BCUT2D eigenvalue weighted by atomic mass is 32.2. The Labute approximate surface area is 153 Å². The predicted molar refractivity (Wildman–Crippen MR) is 103 cm³/mol. The van der Waals surface area contributed by atoms with Crippen LogP contribution in [0.1, 0.15) is 13.3 Å². The summed E-state index contributed by atoms with van der Waals surface area (Å²) in [4.78, 5) is 32.7. The molecule has 0 spiro atoms. The maximum atomic E-state index is 12.9. The molecule has 0 bridgehead atoms. The number of thioether (sulfide) groups is 1. The molecule has 1 atom stereocenters. The highest BCUT2D eigenvalue weighted by Crippen LogP contribution is 2.37.